The number of nitrogens with one attached hydrogen (secondary N) is 1. The number of fused-ring (bicyclic) bond motifs is 4. The summed E-state index contributed by atoms with van der Waals surface area (Å²) in [6.07, 6.45) is 14.1. The number of rotatable bonds is 17. The van der Waals surface area contributed by atoms with Crippen LogP contribution in [0.25, 0.3) is 45.1 Å². The number of hydrogen-bond acceptors (Lipinski definition) is 21. The van der Waals surface area contributed by atoms with Crippen LogP contribution in [0.2, 0.25) is 0 Å². The van der Waals surface area contributed by atoms with Crippen LogP contribution >= 0.6 is 31.9 Å². The Morgan fingerprint density at radius 1 is 0.514 bits per heavy atom. The number of benzene rings is 2. The lowest BCUT2D eigenvalue weighted by atomic mass is 10.0. The number of pyridine rings is 6. The fourth-order valence-corrected chi connectivity index (χ4v) is 12.1. The van der Waals surface area contributed by atoms with Crippen molar-refractivity contribution in [2.24, 2.45) is 5.73 Å². The van der Waals surface area contributed by atoms with Gasteiger partial charge in [0.05, 0.1) is 88.5 Å². The lowest BCUT2D eigenvalue weighted by Crippen LogP contribution is -2.45. The minimum absolute atomic E-state index is 0.0268. The average Bonchev–Trinajstić information content (AvgIpc) is 1.64. The number of carbonyl (C=O) groups is 7. The van der Waals surface area contributed by atoms with Gasteiger partial charge in [0.1, 0.15) is 38.8 Å². The van der Waals surface area contributed by atoms with Gasteiger partial charge in [-0.05, 0) is 195 Å². The van der Waals surface area contributed by atoms with Gasteiger partial charge in [0, 0.05) is 84.4 Å². The van der Waals surface area contributed by atoms with E-state index in [9.17, 15) is 38.7 Å². The number of imidazole rings is 4. The van der Waals surface area contributed by atoms with Gasteiger partial charge in [-0.15, -0.1) is 0 Å². The zero-order chi connectivity index (χ0) is 80.6. The SMILES string of the molecule is CCOC(=O)c1ccn2c(C)c(-c3ccccc3CC)nc2c1.CCOC(=O)c1ccn2c(C)c(Br)nc2c1.CCOC(=O)c1ccn2c(C)c(O)nc2c1.CCOC(=O)c1ccnc(N)c1.CCOC(=O)c1ccnc(NC(=O)C(C)Br)c1.CCc1ccccc1-c1nc2cc(C(=O)N3CCC[C@@H](N)C3)ccn2c1C. The molecule has 13 rings (SSSR count). The van der Waals surface area contributed by atoms with E-state index in [1.165, 1.54) is 41.7 Å². The van der Waals surface area contributed by atoms with E-state index in [1.54, 1.807) is 102 Å². The van der Waals surface area contributed by atoms with E-state index >= 15 is 0 Å². The number of likely N-dealkylation sites (tertiary alicyclic amines) is 1. The molecular formula is C82H92Br2N14O13. The first-order valence-electron chi connectivity index (χ1n) is 36.3. The summed E-state index contributed by atoms with van der Waals surface area (Å²) in [4.78, 5) is 109. The first-order valence-corrected chi connectivity index (χ1v) is 38.0. The second-order valence-electron chi connectivity index (χ2n) is 25.0. The molecule has 0 radical (unpaired) electrons. The smallest absolute Gasteiger partial charge is 0.338 e. The van der Waals surface area contributed by atoms with Crippen molar-refractivity contribution >= 4 is 108 Å². The molecular weight excluding hydrogens is 1550 g/mol. The van der Waals surface area contributed by atoms with Crippen LogP contribution < -0.4 is 16.8 Å². The maximum atomic E-state index is 12.9. The lowest BCUT2D eigenvalue weighted by molar-refractivity contribution is -0.115. The molecule has 0 bridgehead atoms. The number of nitrogens with zero attached hydrogens (tertiary/aromatic N) is 11. The van der Waals surface area contributed by atoms with Gasteiger partial charge in [-0.3, -0.25) is 9.59 Å². The minimum atomic E-state index is -0.433. The summed E-state index contributed by atoms with van der Waals surface area (Å²) in [7, 11) is 0. The van der Waals surface area contributed by atoms with Crippen LogP contribution in [0, 0.1) is 27.7 Å². The van der Waals surface area contributed by atoms with Gasteiger partial charge in [-0.2, -0.15) is 4.98 Å². The van der Waals surface area contributed by atoms with Crippen molar-refractivity contribution in [3.63, 3.8) is 0 Å². The fraction of sp³-hybridized carbons (Fsp3) is 0.305. The highest BCUT2D eigenvalue weighted by Crippen LogP contribution is 2.31. The van der Waals surface area contributed by atoms with Gasteiger partial charge in [0.15, 0.2) is 0 Å². The molecule has 0 saturated carbocycles. The van der Waals surface area contributed by atoms with E-state index in [0.29, 0.717) is 95.9 Å². The topological polar surface area (TPSA) is 348 Å². The van der Waals surface area contributed by atoms with Crippen molar-refractivity contribution in [2.45, 2.75) is 120 Å². The first-order chi connectivity index (χ1) is 53.3. The summed E-state index contributed by atoms with van der Waals surface area (Å²) in [5, 5.41) is 12.0. The molecule has 582 valence electrons. The molecule has 12 aromatic rings. The molecule has 11 heterocycles. The Hall–Kier alpha value is -11.7. The highest BCUT2D eigenvalue weighted by Gasteiger charge is 2.25. The van der Waals surface area contributed by atoms with Crippen molar-refractivity contribution in [3.8, 4) is 28.4 Å². The molecule has 1 aliphatic rings. The molecule has 0 aliphatic carbocycles. The third kappa shape index (κ3) is 22.1. The van der Waals surface area contributed by atoms with E-state index in [-0.39, 0.29) is 52.4 Å². The van der Waals surface area contributed by atoms with E-state index in [1.807, 2.05) is 76.5 Å². The number of halogens is 2. The number of piperidine rings is 1. The van der Waals surface area contributed by atoms with Crippen LogP contribution in [0.5, 0.6) is 5.88 Å². The molecule has 29 heteroatoms. The number of ether oxygens (including phenoxy) is 5. The summed E-state index contributed by atoms with van der Waals surface area (Å²) in [6, 6.07) is 36.8. The molecule has 2 atom stereocenters. The Bertz CT molecular complexity index is 5180. The molecule has 1 aliphatic heterocycles. The van der Waals surface area contributed by atoms with E-state index < -0.39 is 5.97 Å². The second kappa shape index (κ2) is 40.7. The zero-order valence-corrected chi connectivity index (χ0v) is 67.3. The Morgan fingerprint density at radius 3 is 1.33 bits per heavy atom. The highest BCUT2D eigenvalue weighted by molar-refractivity contribution is 9.10. The molecule has 1 fully saturated rings. The number of amides is 2. The molecule has 0 spiro atoms. The maximum Gasteiger partial charge on any atom is 0.338 e. The Labute approximate surface area is 660 Å². The summed E-state index contributed by atoms with van der Waals surface area (Å²) in [5.41, 5.74) is 27.8. The standard InChI is InChI=1S/C22H26N4O.C19H20N2O2.C11H13BrN2O3.C11H11BrN2O2.C11H12N2O3.C8H10N2O2/c1-3-16-7-4-5-9-19(16)21-15(2)26-12-10-17(13-20(26)24-21)22(27)25-11-6-8-18(23)14-25;1-4-14-8-6-7-9-16(14)18-13(3)21-11-10-15(12-17(21)20-18)19(22)23-5-2;1-3-17-11(16)8-4-5-13-9(6-8)14-10(15)7(2)12;1-3-16-11(15)8-4-5-14-7(2)10(12)13-9(14)6-8;1-3-16-11(15)8-4-5-13-7(2)10(14)12-9(13)6-8;1-2-12-8(11)6-3-4-10-7(9)5-6/h4-5,7,9-10,12-13,18H,3,6,8,11,14,23H2,1-2H3;6-12H,4-5H2,1-3H3;4-7H,3H2,1-2H3,(H,13,14,15);4-6H,3H2,1-2H3;4-6,14H,3H2,1-2H3;3-5H,2H2,1H3,(H2,9,10)/t18-;;;;;/m1...../s1. The van der Waals surface area contributed by atoms with E-state index in [0.717, 1.165) is 93.4 Å². The predicted molar refractivity (Wildman–Crippen MR) is 432 cm³/mol. The summed E-state index contributed by atoms with van der Waals surface area (Å²) in [5.74, 6) is -1.38. The number of nitrogen functional groups attached to an aromatic ring is 1. The molecule has 1 saturated heterocycles. The lowest BCUT2D eigenvalue weighted by Gasteiger charge is -2.30. The van der Waals surface area contributed by atoms with Crippen LogP contribution in [0.3, 0.4) is 0 Å². The van der Waals surface area contributed by atoms with Crippen molar-refractivity contribution in [1.29, 1.82) is 0 Å². The number of aromatic nitrogens is 10. The molecule has 10 aromatic heterocycles. The molecule has 1 unspecified atom stereocenters. The summed E-state index contributed by atoms with van der Waals surface area (Å²) < 4.78 is 32.9. The third-order valence-corrected chi connectivity index (χ3v) is 18.6. The molecule has 6 N–H and O–H groups in total. The van der Waals surface area contributed by atoms with Crippen LogP contribution in [-0.4, -0.2) is 156 Å². The van der Waals surface area contributed by atoms with E-state index in [2.05, 4.69) is 113 Å². The monoisotopic (exact) mass is 1640 g/mol. The zero-order valence-electron chi connectivity index (χ0n) is 64.1. The maximum absolute atomic E-state index is 12.9. The van der Waals surface area contributed by atoms with Crippen molar-refractivity contribution < 1.29 is 62.4 Å². The van der Waals surface area contributed by atoms with Gasteiger partial charge in [-0.1, -0.05) is 78.3 Å². The predicted octanol–water partition coefficient (Wildman–Crippen LogP) is 14.4. The van der Waals surface area contributed by atoms with Gasteiger partial charge < -0.3 is 68.1 Å². The fourth-order valence-electron chi connectivity index (χ4n) is 11.6. The Morgan fingerprint density at radius 2 is 0.901 bits per heavy atom. The van der Waals surface area contributed by atoms with Crippen LogP contribution in [0.4, 0.5) is 11.6 Å². The molecule has 2 aromatic carbocycles. The van der Waals surface area contributed by atoms with Crippen LogP contribution in [0.1, 0.15) is 164 Å². The Kier molecular flexibility index (Phi) is 31.1. The summed E-state index contributed by atoms with van der Waals surface area (Å²) in [6.45, 7) is 25.8. The number of carbonyl (C=O) groups excluding carboxylic acids is 7. The van der Waals surface area contributed by atoms with Gasteiger partial charge in [0.25, 0.3) is 5.91 Å². The number of esters is 5. The molecule has 27 nitrogen and oxygen atoms in total. The minimum Gasteiger partial charge on any atom is -0.492 e. The van der Waals surface area contributed by atoms with Gasteiger partial charge in [-0.25, -0.2) is 48.9 Å². The Balaban J connectivity index is 0.000000171. The second-order valence-corrected chi connectivity index (χ2v) is 27.1. The van der Waals surface area contributed by atoms with Crippen molar-refractivity contribution in [3.05, 3.63) is 230 Å². The van der Waals surface area contributed by atoms with E-state index in [4.69, 9.17) is 45.1 Å². The molecule has 111 heavy (non-hydrogen) atoms. The highest BCUT2D eigenvalue weighted by atomic mass is 79.9. The number of aryl methyl sites for hydroxylation is 6. The largest absolute Gasteiger partial charge is 0.492 e. The van der Waals surface area contributed by atoms with Gasteiger partial charge in [0.2, 0.25) is 11.8 Å². The van der Waals surface area contributed by atoms with Crippen molar-refractivity contribution in [2.75, 3.05) is 57.2 Å². The normalized spacial score (nSPS) is 12.4. The number of aromatic hydroxyl groups is 1. The van der Waals surface area contributed by atoms with Crippen molar-refractivity contribution in [1.82, 2.24) is 52.4 Å². The number of anilines is 2. The van der Waals surface area contributed by atoms with Gasteiger partial charge >= 0.3 is 29.8 Å². The summed E-state index contributed by atoms with van der Waals surface area (Å²) >= 11 is 6.49. The van der Waals surface area contributed by atoms with Crippen LogP contribution in [0.15, 0.2) is 163 Å². The molecule has 2 amide bonds. The number of nitrogens with two attached hydrogens (primary N) is 2. The third-order valence-electron chi connectivity index (χ3n) is 17.4. The number of hydrogen-bond donors (Lipinski definition) is 4. The first kappa shape index (κ1) is 84.9. The van der Waals surface area contributed by atoms with Crippen LogP contribution in [-0.2, 0) is 41.3 Å². The quantitative estimate of drug-likeness (QED) is 0.0374. The number of alkyl halides is 1. The average molecular weight is 1640 g/mol.